The molecular weight excluding hydrogens is 398 g/mol. The Hall–Kier alpha value is -4.04. The lowest BCUT2D eigenvalue weighted by molar-refractivity contribution is -0.117. The Balaban J connectivity index is 1.56. The lowest BCUT2D eigenvalue weighted by atomic mass is 10.0. The Morgan fingerprint density at radius 1 is 1.09 bits per heavy atom. The number of carbonyl (C=O) groups is 1. The summed E-state index contributed by atoms with van der Waals surface area (Å²) in [5.41, 5.74) is 2.99. The van der Waals surface area contributed by atoms with Gasteiger partial charge >= 0.3 is 0 Å². The Kier molecular flexibility index (Phi) is 6.23. The van der Waals surface area contributed by atoms with Gasteiger partial charge in [-0.25, -0.2) is 0 Å². The molecule has 4 aromatic rings. The smallest absolute Gasteiger partial charge is 0.261 e. The number of nitrogens with zero attached hydrogens (tertiary/aromatic N) is 1. The van der Waals surface area contributed by atoms with Crippen LogP contribution in [0.15, 0.2) is 72.4 Å². The second-order valence-corrected chi connectivity index (χ2v) is 7.90. The number of nitriles is 1. The van der Waals surface area contributed by atoms with Gasteiger partial charge in [-0.1, -0.05) is 48.5 Å². The molecule has 1 aromatic heterocycles. The average molecular weight is 424 g/mol. The number of fused-ring (bicyclic) bond motifs is 2. The van der Waals surface area contributed by atoms with Gasteiger partial charge in [-0.3, -0.25) is 4.79 Å². The first-order valence-corrected chi connectivity index (χ1v) is 10.7. The van der Waals surface area contributed by atoms with Crippen LogP contribution < -0.4 is 10.1 Å². The zero-order chi connectivity index (χ0) is 22.5. The molecule has 0 atom stereocenters. The van der Waals surface area contributed by atoms with Gasteiger partial charge < -0.3 is 15.0 Å². The summed E-state index contributed by atoms with van der Waals surface area (Å²) in [6, 6.07) is 21.9. The zero-order valence-electron chi connectivity index (χ0n) is 18.2. The van der Waals surface area contributed by atoms with E-state index < -0.39 is 5.91 Å². The van der Waals surface area contributed by atoms with Gasteiger partial charge in [-0.15, -0.1) is 0 Å². The Bertz CT molecular complexity index is 1340. The summed E-state index contributed by atoms with van der Waals surface area (Å²) < 4.78 is 5.96. The molecule has 32 heavy (non-hydrogen) atoms. The fourth-order valence-electron chi connectivity index (χ4n) is 3.82. The number of rotatable bonds is 7. The third-order valence-corrected chi connectivity index (χ3v) is 5.30. The van der Waals surface area contributed by atoms with Crippen LogP contribution in [0.3, 0.4) is 0 Å². The number of ether oxygens (including phenoxy) is 1. The van der Waals surface area contributed by atoms with Crippen molar-refractivity contribution in [2.24, 2.45) is 0 Å². The molecule has 1 heterocycles. The molecule has 5 nitrogen and oxygen atoms in total. The number of carbonyl (C=O) groups excluding carboxylic acids is 1. The van der Waals surface area contributed by atoms with Crippen LogP contribution in [-0.2, 0) is 11.2 Å². The van der Waals surface area contributed by atoms with E-state index in [1.165, 1.54) is 0 Å². The van der Waals surface area contributed by atoms with Gasteiger partial charge in [-0.05, 0) is 54.8 Å². The van der Waals surface area contributed by atoms with E-state index in [0.29, 0.717) is 18.7 Å². The van der Waals surface area contributed by atoms with Crippen LogP contribution in [0.5, 0.6) is 5.75 Å². The largest absolute Gasteiger partial charge is 0.490 e. The molecule has 0 aliphatic carbocycles. The van der Waals surface area contributed by atoms with E-state index in [4.69, 9.17) is 4.74 Å². The first-order valence-electron chi connectivity index (χ1n) is 10.7. The Morgan fingerprint density at radius 3 is 2.62 bits per heavy atom. The number of aromatic nitrogens is 1. The third kappa shape index (κ3) is 4.50. The number of aromatic amines is 1. The molecule has 3 aromatic carbocycles. The minimum absolute atomic E-state index is 0.0288. The summed E-state index contributed by atoms with van der Waals surface area (Å²) >= 11 is 0. The third-order valence-electron chi connectivity index (χ3n) is 5.30. The Morgan fingerprint density at radius 2 is 1.84 bits per heavy atom. The van der Waals surface area contributed by atoms with Crippen LogP contribution in [0.4, 0.5) is 0 Å². The van der Waals surface area contributed by atoms with E-state index in [9.17, 15) is 10.1 Å². The van der Waals surface area contributed by atoms with Crippen LogP contribution >= 0.6 is 0 Å². The highest BCUT2D eigenvalue weighted by atomic mass is 16.5. The fraction of sp³-hybridized carbons (Fsp3) is 0.185. The molecule has 0 saturated carbocycles. The summed E-state index contributed by atoms with van der Waals surface area (Å²) in [6.45, 7) is 4.33. The number of benzene rings is 3. The van der Waals surface area contributed by atoms with Crippen LogP contribution in [0.1, 0.15) is 25.0 Å². The van der Waals surface area contributed by atoms with Crippen LogP contribution in [0.25, 0.3) is 27.8 Å². The maximum absolute atomic E-state index is 12.8. The minimum atomic E-state index is -0.393. The maximum atomic E-state index is 12.8. The molecule has 0 fully saturated rings. The van der Waals surface area contributed by atoms with Crippen molar-refractivity contribution in [3.8, 4) is 11.8 Å². The van der Waals surface area contributed by atoms with Crippen molar-refractivity contribution in [2.75, 3.05) is 6.54 Å². The predicted molar refractivity (Wildman–Crippen MR) is 128 cm³/mol. The molecule has 0 saturated heterocycles. The predicted octanol–water partition coefficient (Wildman–Crippen LogP) is 5.37. The van der Waals surface area contributed by atoms with Gasteiger partial charge in [0.25, 0.3) is 5.91 Å². The molecule has 0 bridgehead atoms. The van der Waals surface area contributed by atoms with Gasteiger partial charge in [0, 0.05) is 29.2 Å². The van der Waals surface area contributed by atoms with Gasteiger partial charge in [0.15, 0.2) is 0 Å². The first kappa shape index (κ1) is 21.2. The lowest BCUT2D eigenvalue weighted by Gasteiger charge is -2.15. The second kappa shape index (κ2) is 9.40. The molecule has 1 amide bonds. The molecule has 5 heteroatoms. The minimum Gasteiger partial charge on any atom is -0.490 e. The van der Waals surface area contributed by atoms with Crippen molar-refractivity contribution in [1.29, 1.82) is 5.26 Å². The van der Waals surface area contributed by atoms with E-state index >= 15 is 0 Å². The first-order chi connectivity index (χ1) is 15.6. The molecule has 2 N–H and O–H groups in total. The summed E-state index contributed by atoms with van der Waals surface area (Å²) in [4.78, 5) is 16.0. The lowest BCUT2D eigenvalue weighted by Crippen LogP contribution is -2.26. The highest BCUT2D eigenvalue weighted by Crippen LogP contribution is 2.31. The molecule has 0 unspecified atom stereocenters. The van der Waals surface area contributed by atoms with Crippen LogP contribution in [-0.4, -0.2) is 23.5 Å². The highest BCUT2D eigenvalue weighted by molar-refractivity contribution is 6.05. The van der Waals surface area contributed by atoms with Crippen molar-refractivity contribution in [3.63, 3.8) is 0 Å². The topological polar surface area (TPSA) is 77.9 Å². The fourth-order valence-corrected chi connectivity index (χ4v) is 3.82. The maximum Gasteiger partial charge on any atom is 0.261 e. The molecule has 0 radical (unpaired) electrons. The van der Waals surface area contributed by atoms with Crippen LogP contribution in [0, 0.1) is 11.3 Å². The monoisotopic (exact) mass is 423 g/mol. The normalized spacial score (nSPS) is 11.6. The standard InChI is InChI=1S/C27H25N3O2/c1-18(2)32-26-12-11-19-7-3-4-8-22(19)24(26)15-21(16-28)27(31)29-14-13-20-17-30-25-10-6-5-9-23(20)25/h3-12,15,17-18,30H,13-14H2,1-2H3,(H,29,31)/b21-15-. The molecular formula is C27H25N3O2. The van der Waals surface area contributed by atoms with Gasteiger partial charge in [0.1, 0.15) is 17.4 Å². The summed E-state index contributed by atoms with van der Waals surface area (Å²) in [5.74, 6) is 0.258. The van der Waals surface area contributed by atoms with Gasteiger partial charge in [0.05, 0.1) is 6.10 Å². The number of hydrogen-bond donors (Lipinski definition) is 2. The number of para-hydroxylation sites is 1. The number of H-pyrrole nitrogens is 1. The van der Waals surface area contributed by atoms with Crippen molar-refractivity contribution in [3.05, 3.63) is 83.6 Å². The number of nitrogens with one attached hydrogen (secondary N) is 2. The summed E-state index contributed by atoms with van der Waals surface area (Å²) in [5, 5.41) is 15.7. The molecule has 0 spiro atoms. The molecule has 0 aliphatic rings. The zero-order valence-corrected chi connectivity index (χ0v) is 18.2. The van der Waals surface area contributed by atoms with Crippen molar-refractivity contribution >= 4 is 33.7 Å². The highest BCUT2D eigenvalue weighted by Gasteiger charge is 2.14. The van der Waals surface area contributed by atoms with Gasteiger partial charge in [0.2, 0.25) is 0 Å². The SMILES string of the molecule is CC(C)Oc1ccc2ccccc2c1/C=C(/C#N)C(=O)NCCc1c[nH]c2ccccc12. The van der Waals surface area contributed by atoms with E-state index in [1.807, 2.05) is 74.6 Å². The quantitative estimate of drug-likeness (QED) is 0.310. The van der Waals surface area contributed by atoms with E-state index in [0.717, 1.165) is 32.8 Å². The molecule has 0 aliphatic heterocycles. The Labute approximate surface area is 187 Å². The second-order valence-electron chi connectivity index (χ2n) is 7.90. The molecule has 160 valence electrons. The van der Waals surface area contributed by atoms with Crippen molar-refractivity contribution in [2.45, 2.75) is 26.4 Å². The number of hydrogen-bond acceptors (Lipinski definition) is 3. The van der Waals surface area contributed by atoms with Crippen LogP contribution in [0.2, 0.25) is 0 Å². The number of amides is 1. The van der Waals surface area contributed by atoms with Gasteiger partial charge in [-0.2, -0.15) is 5.26 Å². The van der Waals surface area contributed by atoms with E-state index in [1.54, 1.807) is 6.08 Å². The summed E-state index contributed by atoms with van der Waals surface area (Å²) in [7, 11) is 0. The molecule has 4 rings (SSSR count). The average Bonchev–Trinajstić information content (AvgIpc) is 3.21. The summed E-state index contributed by atoms with van der Waals surface area (Å²) in [6.07, 6.45) is 4.23. The van der Waals surface area contributed by atoms with Crippen molar-refractivity contribution in [1.82, 2.24) is 10.3 Å². The van der Waals surface area contributed by atoms with E-state index in [-0.39, 0.29) is 11.7 Å². The van der Waals surface area contributed by atoms with Crippen molar-refractivity contribution < 1.29 is 9.53 Å². The van der Waals surface area contributed by atoms with E-state index in [2.05, 4.69) is 22.4 Å².